The van der Waals surface area contributed by atoms with Gasteiger partial charge in [-0.15, -0.1) is 0 Å². The fourth-order valence-electron chi connectivity index (χ4n) is 4.09. The summed E-state index contributed by atoms with van der Waals surface area (Å²) in [5.41, 5.74) is 13.4. The summed E-state index contributed by atoms with van der Waals surface area (Å²) in [6.07, 6.45) is 2.88. The number of carbonyl (C=O) groups excluding carboxylic acids is 2. The number of nitrogen functional groups attached to an aromatic ring is 2. The molecule has 40 heavy (non-hydrogen) atoms. The van der Waals surface area contributed by atoms with E-state index in [1.54, 1.807) is 0 Å². The number of anilines is 2. The molecule has 6 N–H and O–H groups in total. The highest BCUT2D eigenvalue weighted by Crippen LogP contribution is 2.18. The molecule has 0 saturated carbocycles. The first kappa shape index (κ1) is 30.6. The first-order valence-corrected chi connectivity index (χ1v) is 13.6. The maximum atomic E-state index is 12.6. The molecule has 0 radical (unpaired) electrons. The first-order valence-electron chi connectivity index (χ1n) is 13.2. The first-order chi connectivity index (χ1) is 19.0. The van der Waals surface area contributed by atoms with Crippen LogP contribution in [0.2, 0.25) is 5.15 Å². The number of halogens is 1. The second-order valence-corrected chi connectivity index (χ2v) is 10.9. The number of nitrogens with one attached hydrogen (secondary N) is 2. The van der Waals surface area contributed by atoms with Crippen LogP contribution in [0.1, 0.15) is 40.9 Å². The number of nitrogens with zero attached hydrogens (tertiary/aromatic N) is 3. The van der Waals surface area contributed by atoms with E-state index in [1.807, 2.05) is 54.6 Å². The van der Waals surface area contributed by atoms with Crippen LogP contribution in [0, 0.1) is 0 Å². The Balaban J connectivity index is 1.37. The summed E-state index contributed by atoms with van der Waals surface area (Å²) < 4.78 is 6.46. The molecule has 0 saturated heterocycles. The molecule has 1 aromatic heterocycles. The standard InChI is InChI=1S/C29H38ClN7O3/c1-37(2,3)22(18-34-29(39)25-27(31)36-28(32)26(30)35-25)11-7-8-16-33-24(38)17-20-12-14-23(15-13-20)40-19-21-9-5-4-6-10-21/h4-6,9-10,12-15,22H,7-8,11,16-19H2,1-3H3,(H5-,31,32,33,34,36,38,39)/p+1. The van der Waals surface area contributed by atoms with E-state index in [0.29, 0.717) is 30.6 Å². The van der Waals surface area contributed by atoms with Crippen LogP contribution < -0.4 is 26.8 Å². The van der Waals surface area contributed by atoms with Gasteiger partial charge in [0, 0.05) is 13.0 Å². The lowest BCUT2D eigenvalue weighted by atomic mass is 10.1. The number of aromatic nitrogens is 2. The molecule has 1 unspecified atom stereocenters. The van der Waals surface area contributed by atoms with Gasteiger partial charge in [-0.1, -0.05) is 54.1 Å². The topological polar surface area (TPSA) is 145 Å². The van der Waals surface area contributed by atoms with E-state index in [1.165, 1.54) is 0 Å². The van der Waals surface area contributed by atoms with E-state index in [2.05, 4.69) is 41.7 Å². The second-order valence-electron chi connectivity index (χ2n) is 10.6. The quantitative estimate of drug-likeness (QED) is 0.172. The van der Waals surface area contributed by atoms with Crippen molar-refractivity contribution >= 4 is 35.1 Å². The SMILES string of the molecule is C[N+](C)(C)C(CCCCNC(=O)Cc1ccc(OCc2ccccc2)cc1)CNC(=O)c1nc(Cl)c(N)nc1N. The van der Waals surface area contributed by atoms with Crippen LogP contribution >= 0.6 is 11.6 Å². The smallest absolute Gasteiger partial charge is 0.274 e. The van der Waals surface area contributed by atoms with Crippen LogP contribution in [0.3, 0.4) is 0 Å². The number of amides is 2. The molecule has 1 atom stereocenters. The summed E-state index contributed by atoms with van der Waals surface area (Å²) in [7, 11) is 6.22. The van der Waals surface area contributed by atoms with Crippen molar-refractivity contribution in [2.24, 2.45) is 0 Å². The summed E-state index contributed by atoms with van der Waals surface area (Å²) in [5, 5.41) is 5.82. The lowest BCUT2D eigenvalue weighted by Gasteiger charge is -2.34. The molecule has 2 aromatic carbocycles. The number of carbonyl (C=O) groups is 2. The largest absolute Gasteiger partial charge is 0.489 e. The van der Waals surface area contributed by atoms with E-state index in [4.69, 9.17) is 27.8 Å². The van der Waals surface area contributed by atoms with Gasteiger partial charge in [0.1, 0.15) is 18.4 Å². The number of nitrogens with two attached hydrogens (primary N) is 2. The highest BCUT2D eigenvalue weighted by Gasteiger charge is 2.25. The van der Waals surface area contributed by atoms with E-state index in [9.17, 15) is 9.59 Å². The lowest BCUT2D eigenvalue weighted by molar-refractivity contribution is -0.895. The van der Waals surface area contributed by atoms with Gasteiger partial charge in [-0.05, 0) is 36.1 Å². The zero-order chi connectivity index (χ0) is 29.1. The van der Waals surface area contributed by atoms with Crippen molar-refractivity contribution in [3.05, 3.63) is 76.6 Å². The van der Waals surface area contributed by atoms with Crippen molar-refractivity contribution in [1.29, 1.82) is 0 Å². The summed E-state index contributed by atoms with van der Waals surface area (Å²) in [6, 6.07) is 17.7. The third-order valence-electron chi connectivity index (χ3n) is 6.54. The minimum absolute atomic E-state index is 0.0192. The number of likely N-dealkylation sites (N-methyl/N-ethyl adjacent to an activating group) is 1. The Kier molecular flexibility index (Phi) is 11.1. The summed E-state index contributed by atoms with van der Waals surface area (Å²) in [5.74, 6) is 0.214. The van der Waals surface area contributed by atoms with Crippen LogP contribution in [0.25, 0.3) is 0 Å². The molecule has 10 nitrogen and oxygen atoms in total. The predicted molar refractivity (Wildman–Crippen MR) is 158 cm³/mol. The maximum Gasteiger partial charge on any atom is 0.274 e. The van der Waals surface area contributed by atoms with Gasteiger partial charge in [0.25, 0.3) is 5.91 Å². The van der Waals surface area contributed by atoms with Gasteiger partial charge < -0.3 is 31.3 Å². The second kappa shape index (κ2) is 14.5. The van der Waals surface area contributed by atoms with Crippen molar-refractivity contribution in [1.82, 2.24) is 20.6 Å². The number of hydrogen-bond donors (Lipinski definition) is 4. The average Bonchev–Trinajstić information content (AvgIpc) is 2.91. The average molecular weight is 569 g/mol. The molecule has 0 fully saturated rings. The van der Waals surface area contributed by atoms with E-state index in [0.717, 1.165) is 36.1 Å². The Morgan fingerprint density at radius 1 is 0.925 bits per heavy atom. The van der Waals surface area contributed by atoms with Crippen molar-refractivity contribution in [2.75, 3.05) is 45.7 Å². The predicted octanol–water partition coefficient (Wildman–Crippen LogP) is 3.21. The third kappa shape index (κ3) is 9.69. The normalized spacial score (nSPS) is 12.0. The van der Waals surface area contributed by atoms with Crippen LogP contribution in [0.5, 0.6) is 5.75 Å². The monoisotopic (exact) mass is 568 g/mol. The van der Waals surface area contributed by atoms with Gasteiger partial charge in [0.2, 0.25) is 5.91 Å². The van der Waals surface area contributed by atoms with Gasteiger partial charge in [0.15, 0.2) is 22.5 Å². The van der Waals surface area contributed by atoms with Gasteiger partial charge >= 0.3 is 0 Å². The van der Waals surface area contributed by atoms with Crippen LogP contribution in [-0.4, -0.2) is 66.5 Å². The van der Waals surface area contributed by atoms with Crippen LogP contribution in [-0.2, 0) is 17.8 Å². The Hall–Kier alpha value is -3.89. The Bertz CT molecular complexity index is 1270. The number of benzene rings is 2. The Morgan fingerprint density at radius 3 is 2.30 bits per heavy atom. The summed E-state index contributed by atoms with van der Waals surface area (Å²) in [4.78, 5) is 32.9. The van der Waals surface area contributed by atoms with Crippen molar-refractivity contribution in [3.8, 4) is 5.75 Å². The third-order valence-corrected chi connectivity index (χ3v) is 6.81. The zero-order valence-electron chi connectivity index (χ0n) is 23.3. The summed E-state index contributed by atoms with van der Waals surface area (Å²) >= 11 is 5.90. The molecule has 0 aliphatic carbocycles. The Morgan fingerprint density at radius 2 is 1.62 bits per heavy atom. The Labute approximate surface area is 240 Å². The fourth-order valence-corrected chi connectivity index (χ4v) is 4.22. The minimum atomic E-state index is -0.451. The van der Waals surface area contributed by atoms with Gasteiger partial charge in [0.05, 0.1) is 34.1 Å². The lowest BCUT2D eigenvalue weighted by Crippen LogP contribution is -2.51. The van der Waals surface area contributed by atoms with E-state index < -0.39 is 5.91 Å². The molecule has 214 valence electrons. The van der Waals surface area contributed by atoms with Gasteiger partial charge in [-0.2, -0.15) is 0 Å². The molecule has 0 aliphatic heterocycles. The molecule has 3 rings (SSSR count). The molecule has 0 aliphatic rings. The molecular weight excluding hydrogens is 530 g/mol. The van der Waals surface area contributed by atoms with Crippen LogP contribution in [0.4, 0.5) is 11.6 Å². The highest BCUT2D eigenvalue weighted by atomic mass is 35.5. The number of quaternary nitrogens is 1. The number of unbranched alkanes of at least 4 members (excludes halogenated alkanes) is 1. The summed E-state index contributed by atoms with van der Waals surface area (Å²) in [6.45, 7) is 1.51. The van der Waals surface area contributed by atoms with Crippen molar-refractivity contribution in [2.45, 2.75) is 38.3 Å². The molecule has 3 aromatic rings. The molecule has 1 heterocycles. The minimum Gasteiger partial charge on any atom is -0.489 e. The van der Waals surface area contributed by atoms with Gasteiger partial charge in [-0.3, -0.25) is 9.59 Å². The van der Waals surface area contributed by atoms with E-state index >= 15 is 0 Å². The zero-order valence-corrected chi connectivity index (χ0v) is 24.1. The molecule has 2 amide bonds. The number of hydrogen-bond acceptors (Lipinski definition) is 7. The van der Waals surface area contributed by atoms with Crippen molar-refractivity contribution in [3.63, 3.8) is 0 Å². The highest BCUT2D eigenvalue weighted by molar-refractivity contribution is 6.31. The van der Waals surface area contributed by atoms with Crippen molar-refractivity contribution < 1.29 is 18.8 Å². The molecule has 11 heteroatoms. The number of ether oxygens (including phenoxy) is 1. The molecule has 0 spiro atoms. The van der Waals surface area contributed by atoms with E-state index in [-0.39, 0.29) is 34.4 Å². The molecule has 0 bridgehead atoms. The maximum absolute atomic E-state index is 12.6. The number of rotatable bonds is 14. The molecular formula is C29H39ClN7O3+. The van der Waals surface area contributed by atoms with Gasteiger partial charge in [-0.25, -0.2) is 9.97 Å². The fraction of sp³-hybridized carbons (Fsp3) is 0.379. The van der Waals surface area contributed by atoms with Crippen LogP contribution in [0.15, 0.2) is 54.6 Å².